The van der Waals surface area contributed by atoms with Gasteiger partial charge in [-0.05, 0) is 19.1 Å². The Kier molecular flexibility index (Phi) is 3.09. The second-order valence-electron chi connectivity index (χ2n) is 3.21. The molecule has 1 N–H and O–H groups in total. The van der Waals surface area contributed by atoms with Gasteiger partial charge in [0.15, 0.2) is 4.77 Å². The quantitative estimate of drug-likeness (QED) is 0.564. The van der Waals surface area contributed by atoms with Gasteiger partial charge in [0, 0.05) is 26.9 Å². The molecule has 1 heterocycles. The molecule has 0 aliphatic heterocycles. The van der Waals surface area contributed by atoms with E-state index in [1.807, 2.05) is 0 Å². The van der Waals surface area contributed by atoms with Gasteiger partial charge in [0.25, 0.3) is 5.56 Å². The number of rotatable bonds is 1. The molecule has 0 saturated heterocycles. The fourth-order valence-electron chi connectivity index (χ4n) is 1.26. The van der Waals surface area contributed by atoms with E-state index in [-0.39, 0.29) is 21.8 Å². The first-order chi connectivity index (χ1) is 6.91. The van der Waals surface area contributed by atoms with Crippen LogP contribution in [0.2, 0.25) is 0 Å². The average molecular weight is 227 g/mol. The highest BCUT2D eigenvalue weighted by molar-refractivity contribution is 7.71. The summed E-state index contributed by atoms with van der Waals surface area (Å²) in [6.07, 6.45) is 0. The predicted molar refractivity (Wildman–Crippen MR) is 61.3 cm³/mol. The second-order valence-corrected chi connectivity index (χ2v) is 3.58. The Morgan fingerprint density at radius 2 is 1.93 bits per heavy atom. The number of hydrogen-bond acceptors (Lipinski definition) is 4. The average Bonchev–Trinajstić information content (AvgIpc) is 2.23. The number of nitrogens with zero attached hydrogens (tertiary/aromatic N) is 3. The summed E-state index contributed by atoms with van der Waals surface area (Å²) in [6.45, 7) is 1.67. The highest BCUT2D eigenvalue weighted by Gasteiger charge is 2.14. The molecule has 0 bridgehead atoms. The van der Waals surface area contributed by atoms with Crippen LogP contribution < -0.4 is 5.56 Å². The van der Waals surface area contributed by atoms with E-state index < -0.39 is 0 Å². The summed E-state index contributed by atoms with van der Waals surface area (Å²) in [5, 5.41) is 9.79. The van der Waals surface area contributed by atoms with Crippen LogP contribution in [0, 0.1) is 4.77 Å². The fourth-order valence-corrected chi connectivity index (χ4v) is 1.43. The number of aliphatic imine (C=N–C) groups is 1. The first-order valence-corrected chi connectivity index (χ1v) is 4.75. The molecule has 1 aromatic heterocycles. The molecular formula is C9H13N3O2S. The van der Waals surface area contributed by atoms with Crippen molar-refractivity contribution in [1.82, 2.24) is 9.13 Å². The van der Waals surface area contributed by atoms with Crippen molar-refractivity contribution in [3.8, 4) is 5.88 Å². The zero-order chi connectivity index (χ0) is 11.7. The Morgan fingerprint density at radius 1 is 1.40 bits per heavy atom. The summed E-state index contributed by atoms with van der Waals surface area (Å²) in [7, 11) is 4.73. The SMILES string of the molecule is CN=C(C)c1c(O)n(C)c(=S)n(C)c1=O. The van der Waals surface area contributed by atoms with Crippen LogP contribution in [0.15, 0.2) is 9.79 Å². The van der Waals surface area contributed by atoms with Crippen LogP contribution in [0.5, 0.6) is 5.88 Å². The van der Waals surface area contributed by atoms with Crippen molar-refractivity contribution in [1.29, 1.82) is 0 Å². The molecule has 0 aliphatic carbocycles. The Morgan fingerprint density at radius 3 is 2.40 bits per heavy atom. The molecule has 0 unspecified atom stereocenters. The Bertz CT molecular complexity index is 540. The van der Waals surface area contributed by atoms with Crippen molar-refractivity contribution in [2.45, 2.75) is 6.92 Å². The van der Waals surface area contributed by atoms with Crippen molar-refractivity contribution in [2.75, 3.05) is 7.05 Å². The molecule has 82 valence electrons. The molecule has 0 spiro atoms. The summed E-state index contributed by atoms with van der Waals surface area (Å²) in [4.78, 5) is 15.7. The molecule has 6 heteroatoms. The van der Waals surface area contributed by atoms with Crippen molar-refractivity contribution in [2.24, 2.45) is 19.1 Å². The van der Waals surface area contributed by atoms with E-state index in [9.17, 15) is 9.90 Å². The topological polar surface area (TPSA) is 59.5 Å². The largest absolute Gasteiger partial charge is 0.494 e. The van der Waals surface area contributed by atoms with Crippen LogP contribution in [0.1, 0.15) is 12.5 Å². The molecule has 0 aliphatic rings. The Hall–Kier alpha value is -1.43. The summed E-state index contributed by atoms with van der Waals surface area (Å²) in [6, 6.07) is 0. The van der Waals surface area contributed by atoms with E-state index >= 15 is 0 Å². The van der Waals surface area contributed by atoms with Crippen molar-refractivity contribution < 1.29 is 5.11 Å². The Balaban J connectivity index is 3.84. The summed E-state index contributed by atoms with van der Waals surface area (Å²) >= 11 is 4.98. The number of aromatic nitrogens is 2. The highest BCUT2D eigenvalue weighted by Crippen LogP contribution is 2.12. The van der Waals surface area contributed by atoms with E-state index in [0.29, 0.717) is 5.71 Å². The van der Waals surface area contributed by atoms with Gasteiger partial charge in [0.2, 0.25) is 5.88 Å². The van der Waals surface area contributed by atoms with Gasteiger partial charge in [-0.15, -0.1) is 0 Å². The van der Waals surface area contributed by atoms with Gasteiger partial charge < -0.3 is 5.11 Å². The van der Waals surface area contributed by atoms with Crippen molar-refractivity contribution >= 4 is 17.9 Å². The highest BCUT2D eigenvalue weighted by atomic mass is 32.1. The number of aromatic hydroxyl groups is 1. The third kappa shape index (κ3) is 1.72. The first kappa shape index (κ1) is 11.6. The van der Waals surface area contributed by atoms with E-state index in [4.69, 9.17) is 12.2 Å². The summed E-state index contributed by atoms with van der Waals surface area (Å²) in [5.74, 6) is -0.147. The van der Waals surface area contributed by atoms with E-state index in [1.54, 1.807) is 28.1 Å². The van der Waals surface area contributed by atoms with Gasteiger partial charge >= 0.3 is 0 Å². The van der Waals surface area contributed by atoms with Crippen LogP contribution in [-0.4, -0.2) is 27.0 Å². The van der Waals surface area contributed by atoms with Crippen LogP contribution in [0.4, 0.5) is 0 Å². The smallest absolute Gasteiger partial charge is 0.267 e. The van der Waals surface area contributed by atoms with Gasteiger partial charge in [-0.2, -0.15) is 0 Å². The summed E-state index contributed by atoms with van der Waals surface area (Å²) in [5.41, 5.74) is 0.341. The minimum atomic E-state index is -0.335. The monoisotopic (exact) mass is 227 g/mol. The molecule has 15 heavy (non-hydrogen) atoms. The molecule has 1 rings (SSSR count). The van der Waals surface area contributed by atoms with Gasteiger partial charge in [-0.3, -0.25) is 18.9 Å². The molecule has 0 amide bonds. The normalized spacial score (nSPS) is 11.9. The van der Waals surface area contributed by atoms with Gasteiger partial charge in [0.05, 0.1) is 0 Å². The zero-order valence-corrected chi connectivity index (χ0v) is 9.92. The maximum atomic E-state index is 11.8. The summed E-state index contributed by atoms with van der Waals surface area (Å²) < 4.78 is 2.95. The minimum Gasteiger partial charge on any atom is -0.494 e. The molecule has 0 saturated carbocycles. The molecule has 0 fully saturated rings. The molecule has 0 radical (unpaired) electrons. The van der Waals surface area contributed by atoms with Gasteiger partial charge in [-0.25, -0.2) is 0 Å². The third-order valence-electron chi connectivity index (χ3n) is 2.33. The lowest BCUT2D eigenvalue weighted by Crippen LogP contribution is -2.27. The molecule has 0 atom stereocenters. The lowest BCUT2D eigenvalue weighted by Gasteiger charge is -2.11. The standard InChI is InChI=1S/C9H13N3O2S/c1-5(10-2)6-7(13)11(3)9(15)12(4)8(6)14/h13H,1-4H3. The zero-order valence-electron chi connectivity index (χ0n) is 9.11. The number of hydrogen-bond donors (Lipinski definition) is 1. The third-order valence-corrected chi connectivity index (χ3v) is 2.88. The van der Waals surface area contributed by atoms with Crippen LogP contribution in [0.25, 0.3) is 0 Å². The van der Waals surface area contributed by atoms with E-state index in [1.165, 1.54) is 9.13 Å². The fraction of sp³-hybridized carbons (Fsp3) is 0.444. The maximum Gasteiger partial charge on any atom is 0.267 e. The predicted octanol–water partition coefficient (Wildman–Crippen LogP) is 0.598. The second kappa shape index (κ2) is 3.98. The molecule has 5 nitrogen and oxygen atoms in total. The van der Waals surface area contributed by atoms with Crippen LogP contribution in [0.3, 0.4) is 0 Å². The van der Waals surface area contributed by atoms with Gasteiger partial charge in [0.1, 0.15) is 5.56 Å². The molecule has 1 aromatic rings. The minimum absolute atomic E-state index is 0.147. The van der Waals surface area contributed by atoms with Crippen LogP contribution in [-0.2, 0) is 14.1 Å². The first-order valence-electron chi connectivity index (χ1n) is 4.34. The van der Waals surface area contributed by atoms with E-state index in [2.05, 4.69) is 4.99 Å². The van der Waals surface area contributed by atoms with E-state index in [0.717, 1.165) is 0 Å². The van der Waals surface area contributed by atoms with Crippen molar-refractivity contribution in [3.63, 3.8) is 0 Å². The van der Waals surface area contributed by atoms with Crippen molar-refractivity contribution in [3.05, 3.63) is 20.7 Å². The molecular weight excluding hydrogens is 214 g/mol. The van der Waals surface area contributed by atoms with Gasteiger partial charge in [-0.1, -0.05) is 0 Å². The molecule has 0 aromatic carbocycles. The lowest BCUT2D eigenvalue weighted by atomic mass is 10.2. The van der Waals surface area contributed by atoms with Crippen LogP contribution >= 0.6 is 12.2 Å². The lowest BCUT2D eigenvalue weighted by molar-refractivity contribution is 0.414. The Labute approximate surface area is 92.3 Å². The maximum absolute atomic E-state index is 11.8.